The molecule has 7 heteroatoms. The molecule has 0 bridgehead atoms. The molecular weight excluding hydrogens is 361 g/mol. The monoisotopic (exact) mass is 389 g/mol. The molecule has 152 valence electrons. The van der Waals surface area contributed by atoms with Crippen molar-refractivity contribution in [3.05, 3.63) is 59.4 Å². The van der Waals surface area contributed by atoms with Gasteiger partial charge in [-0.3, -0.25) is 0 Å². The Morgan fingerprint density at radius 1 is 1.14 bits per heavy atom. The van der Waals surface area contributed by atoms with E-state index in [1.165, 1.54) is 6.07 Å². The smallest absolute Gasteiger partial charge is 0.191 e. The summed E-state index contributed by atoms with van der Waals surface area (Å²) in [6, 6.07) is 12.3. The second-order valence-corrected chi connectivity index (χ2v) is 6.02. The molecule has 28 heavy (non-hydrogen) atoms. The molecule has 0 spiro atoms. The van der Waals surface area contributed by atoms with Crippen molar-refractivity contribution in [2.45, 2.75) is 19.9 Å². The lowest BCUT2D eigenvalue weighted by molar-refractivity contribution is 0.196. The molecule has 0 aliphatic carbocycles. The van der Waals surface area contributed by atoms with Crippen LogP contribution < -0.4 is 20.1 Å². The summed E-state index contributed by atoms with van der Waals surface area (Å²) >= 11 is 0. The van der Waals surface area contributed by atoms with E-state index in [1.54, 1.807) is 25.3 Å². The zero-order valence-corrected chi connectivity index (χ0v) is 16.4. The van der Waals surface area contributed by atoms with E-state index in [2.05, 4.69) is 15.6 Å². The van der Waals surface area contributed by atoms with Crippen molar-refractivity contribution in [3.63, 3.8) is 0 Å². The third-order valence-corrected chi connectivity index (χ3v) is 3.99. The second kappa shape index (κ2) is 11.8. The van der Waals surface area contributed by atoms with Crippen LogP contribution in [-0.2, 0) is 13.0 Å². The lowest BCUT2D eigenvalue weighted by Gasteiger charge is -2.13. The van der Waals surface area contributed by atoms with Crippen LogP contribution in [0.25, 0.3) is 0 Å². The van der Waals surface area contributed by atoms with Crippen LogP contribution in [0, 0.1) is 5.82 Å². The highest BCUT2D eigenvalue weighted by molar-refractivity contribution is 5.79. The van der Waals surface area contributed by atoms with E-state index in [9.17, 15) is 4.39 Å². The van der Waals surface area contributed by atoms with Gasteiger partial charge in [-0.2, -0.15) is 0 Å². The van der Waals surface area contributed by atoms with Crippen molar-refractivity contribution in [3.8, 4) is 11.5 Å². The third-order valence-electron chi connectivity index (χ3n) is 3.99. The van der Waals surface area contributed by atoms with Gasteiger partial charge in [0.2, 0.25) is 0 Å². The topological polar surface area (TPSA) is 75.1 Å². The minimum absolute atomic E-state index is 0.0558. The van der Waals surface area contributed by atoms with Gasteiger partial charge in [0.05, 0.1) is 20.3 Å². The number of aliphatic hydroxyl groups is 1. The minimum atomic E-state index is -0.193. The van der Waals surface area contributed by atoms with Crippen molar-refractivity contribution in [2.24, 2.45) is 4.99 Å². The predicted octanol–water partition coefficient (Wildman–Crippen LogP) is 2.50. The fourth-order valence-corrected chi connectivity index (χ4v) is 2.61. The van der Waals surface area contributed by atoms with Gasteiger partial charge in [-0.1, -0.05) is 24.3 Å². The average Bonchev–Trinajstić information content (AvgIpc) is 2.72. The van der Waals surface area contributed by atoms with Gasteiger partial charge in [-0.25, -0.2) is 9.38 Å². The predicted molar refractivity (Wildman–Crippen MR) is 108 cm³/mol. The van der Waals surface area contributed by atoms with Gasteiger partial charge in [0, 0.05) is 13.1 Å². The number of methoxy groups -OCH3 is 1. The average molecular weight is 389 g/mol. The van der Waals surface area contributed by atoms with Crippen LogP contribution in [0.15, 0.2) is 47.5 Å². The summed E-state index contributed by atoms with van der Waals surface area (Å²) in [4.78, 5) is 4.57. The molecular formula is C21H28FN3O3. The van der Waals surface area contributed by atoms with E-state index >= 15 is 0 Å². The summed E-state index contributed by atoms with van der Waals surface area (Å²) in [5.41, 5.74) is 1.63. The quantitative estimate of drug-likeness (QED) is 0.430. The van der Waals surface area contributed by atoms with E-state index in [0.717, 1.165) is 12.1 Å². The first-order valence-electron chi connectivity index (χ1n) is 9.34. The molecule has 0 saturated heterocycles. The molecule has 0 amide bonds. The second-order valence-electron chi connectivity index (χ2n) is 6.02. The highest BCUT2D eigenvalue weighted by Crippen LogP contribution is 2.28. The highest BCUT2D eigenvalue weighted by Gasteiger charge is 2.06. The molecule has 0 saturated carbocycles. The van der Waals surface area contributed by atoms with Gasteiger partial charge in [-0.15, -0.1) is 0 Å². The summed E-state index contributed by atoms with van der Waals surface area (Å²) in [6.07, 6.45) is 0.571. The number of nitrogens with one attached hydrogen (secondary N) is 2. The normalized spacial score (nSPS) is 11.2. The zero-order chi connectivity index (χ0) is 20.2. The summed E-state index contributed by atoms with van der Waals surface area (Å²) in [7, 11) is 1.57. The minimum Gasteiger partial charge on any atom is -0.493 e. The van der Waals surface area contributed by atoms with Crippen molar-refractivity contribution < 1.29 is 19.0 Å². The molecule has 0 heterocycles. The number of hydrogen-bond acceptors (Lipinski definition) is 4. The van der Waals surface area contributed by atoms with Crippen molar-refractivity contribution >= 4 is 5.96 Å². The molecule has 0 unspecified atom stereocenters. The Labute approximate surface area is 165 Å². The summed E-state index contributed by atoms with van der Waals surface area (Å²) in [5, 5.41) is 15.3. The summed E-state index contributed by atoms with van der Waals surface area (Å²) in [6.45, 7) is 3.90. The SMILES string of the molecule is CCNC(=NCc1ccc(OCCO)c(OC)c1)NCCc1ccccc1F. The number of benzene rings is 2. The lowest BCUT2D eigenvalue weighted by atomic mass is 10.1. The van der Waals surface area contributed by atoms with Crippen LogP contribution in [-0.4, -0.2) is 44.5 Å². The first-order valence-corrected chi connectivity index (χ1v) is 9.34. The molecule has 0 aliphatic rings. The van der Waals surface area contributed by atoms with Gasteiger partial charge in [0.15, 0.2) is 17.5 Å². The number of hydrogen-bond donors (Lipinski definition) is 3. The Balaban J connectivity index is 1.96. The Kier molecular flexibility index (Phi) is 9.07. The van der Waals surface area contributed by atoms with Gasteiger partial charge in [0.1, 0.15) is 12.4 Å². The Morgan fingerprint density at radius 2 is 1.96 bits per heavy atom. The molecule has 2 rings (SSSR count). The number of ether oxygens (including phenoxy) is 2. The molecule has 2 aromatic rings. The van der Waals surface area contributed by atoms with Crippen molar-refractivity contribution in [2.75, 3.05) is 33.4 Å². The molecule has 3 N–H and O–H groups in total. The van der Waals surface area contributed by atoms with Gasteiger partial charge < -0.3 is 25.2 Å². The van der Waals surface area contributed by atoms with Crippen LogP contribution in [0.5, 0.6) is 11.5 Å². The number of guanidine groups is 1. The van der Waals surface area contributed by atoms with Crippen LogP contribution in [0.1, 0.15) is 18.1 Å². The van der Waals surface area contributed by atoms with E-state index in [0.29, 0.717) is 42.5 Å². The van der Waals surface area contributed by atoms with E-state index in [4.69, 9.17) is 14.6 Å². The van der Waals surface area contributed by atoms with Crippen LogP contribution in [0.3, 0.4) is 0 Å². The molecule has 6 nitrogen and oxygen atoms in total. The maximum Gasteiger partial charge on any atom is 0.191 e. The van der Waals surface area contributed by atoms with Crippen molar-refractivity contribution in [1.82, 2.24) is 10.6 Å². The molecule has 0 fully saturated rings. The first kappa shape index (κ1) is 21.5. The summed E-state index contributed by atoms with van der Waals surface area (Å²) < 4.78 is 24.5. The van der Waals surface area contributed by atoms with E-state index in [-0.39, 0.29) is 19.0 Å². The first-order chi connectivity index (χ1) is 13.7. The Hall–Kier alpha value is -2.80. The number of aliphatic hydroxyl groups excluding tert-OH is 1. The molecule has 0 radical (unpaired) electrons. The fraction of sp³-hybridized carbons (Fsp3) is 0.381. The highest BCUT2D eigenvalue weighted by atomic mass is 19.1. The standard InChI is InChI=1S/C21H28FN3O3/c1-3-23-21(24-11-10-17-6-4-5-7-18(17)22)25-15-16-8-9-19(28-13-12-26)20(14-16)27-2/h4-9,14,26H,3,10-13,15H2,1-2H3,(H2,23,24,25). The number of rotatable bonds is 10. The van der Waals surface area contributed by atoms with Crippen molar-refractivity contribution in [1.29, 1.82) is 0 Å². The fourth-order valence-electron chi connectivity index (χ4n) is 2.61. The van der Waals surface area contributed by atoms with Crippen LogP contribution in [0.4, 0.5) is 4.39 Å². The number of halogens is 1. The van der Waals surface area contributed by atoms with Crippen LogP contribution >= 0.6 is 0 Å². The molecule has 0 atom stereocenters. The Bertz CT molecular complexity index is 768. The van der Waals surface area contributed by atoms with Gasteiger partial charge in [0.25, 0.3) is 0 Å². The third kappa shape index (κ3) is 6.74. The Morgan fingerprint density at radius 3 is 2.68 bits per heavy atom. The molecule has 0 aliphatic heterocycles. The largest absolute Gasteiger partial charge is 0.493 e. The van der Waals surface area contributed by atoms with E-state index < -0.39 is 0 Å². The number of aliphatic imine (C=N–C) groups is 1. The molecule has 2 aromatic carbocycles. The maximum absolute atomic E-state index is 13.7. The van der Waals surface area contributed by atoms with E-state index in [1.807, 2.05) is 25.1 Å². The summed E-state index contributed by atoms with van der Waals surface area (Å²) in [5.74, 6) is 1.65. The van der Waals surface area contributed by atoms with Crippen LogP contribution in [0.2, 0.25) is 0 Å². The number of nitrogens with zero attached hydrogens (tertiary/aromatic N) is 1. The molecule has 0 aromatic heterocycles. The van der Waals surface area contributed by atoms with Gasteiger partial charge in [-0.05, 0) is 42.7 Å². The zero-order valence-electron chi connectivity index (χ0n) is 16.4. The lowest BCUT2D eigenvalue weighted by Crippen LogP contribution is -2.38. The maximum atomic E-state index is 13.7. The van der Waals surface area contributed by atoms with Gasteiger partial charge >= 0.3 is 0 Å².